The third kappa shape index (κ3) is 60.7. The lowest BCUT2D eigenvalue weighted by Crippen LogP contribution is -2.44. The molecule has 0 aliphatic rings. The summed E-state index contributed by atoms with van der Waals surface area (Å²) in [6.07, 6.45) is 71.8. The van der Waals surface area contributed by atoms with Gasteiger partial charge in [0.1, 0.15) is 13.2 Å². The van der Waals surface area contributed by atoms with Crippen molar-refractivity contribution in [2.45, 2.75) is 322 Å². The smallest absolute Gasteiger partial charge is 0.306 e. The molecule has 0 bridgehead atoms. The number of allylic oxidation sites excluding steroid dienone is 8. The van der Waals surface area contributed by atoms with E-state index < -0.39 is 24.3 Å². The van der Waals surface area contributed by atoms with Crippen LogP contribution in [0.5, 0.6) is 0 Å². The van der Waals surface area contributed by atoms with Gasteiger partial charge in [-0.1, -0.05) is 294 Å². The van der Waals surface area contributed by atoms with Crippen LogP contribution in [0.2, 0.25) is 0 Å². The maximum Gasteiger partial charge on any atom is 0.306 e. The van der Waals surface area contributed by atoms with E-state index in [0.29, 0.717) is 17.4 Å². The number of carbonyl (C=O) groups is 3. The molecule has 0 aliphatic carbocycles. The summed E-state index contributed by atoms with van der Waals surface area (Å²) in [5.41, 5.74) is 0. The fourth-order valence-electron chi connectivity index (χ4n) is 9.59. The second-order valence-electron chi connectivity index (χ2n) is 23.4. The third-order valence-electron chi connectivity index (χ3n) is 14.6. The zero-order valence-electron chi connectivity index (χ0n) is 51.3. The van der Waals surface area contributed by atoms with Crippen LogP contribution in [-0.2, 0) is 33.3 Å². The van der Waals surface area contributed by atoms with Gasteiger partial charge in [-0.2, -0.15) is 0 Å². The number of carboxylic acid groups (broad SMARTS) is 1. The van der Waals surface area contributed by atoms with Crippen molar-refractivity contribution in [3.8, 4) is 0 Å². The molecular weight excluding hydrogens is 959 g/mol. The number of carbonyl (C=O) groups excluding carboxylic acids is 3. The van der Waals surface area contributed by atoms with Gasteiger partial charge in [0, 0.05) is 12.8 Å². The van der Waals surface area contributed by atoms with Crippen LogP contribution in [0.25, 0.3) is 0 Å². The minimum absolute atomic E-state index is 0.150. The first-order valence-electron chi connectivity index (χ1n) is 32.8. The van der Waals surface area contributed by atoms with E-state index in [1.54, 1.807) is 0 Å². The van der Waals surface area contributed by atoms with E-state index in [1.807, 2.05) is 21.1 Å². The number of rotatable bonds is 61. The van der Waals surface area contributed by atoms with Gasteiger partial charge < -0.3 is 33.3 Å². The van der Waals surface area contributed by atoms with Crippen LogP contribution < -0.4 is 5.11 Å². The summed E-state index contributed by atoms with van der Waals surface area (Å²) in [6.45, 7) is 4.69. The van der Waals surface area contributed by atoms with E-state index in [2.05, 4.69) is 62.5 Å². The van der Waals surface area contributed by atoms with Crippen LogP contribution in [0.1, 0.15) is 309 Å². The number of likely N-dealkylation sites (N-methyl/N-ethyl adjacent to an activating group) is 1. The number of ether oxygens (including phenoxy) is 4. The predicted molar refractivity (Wildman–Crippen MR) is 325 cm³/mol. The van der Waals surface area contributed by atoms with Crippen LogP contribution >= 0.6 is 0 Å². The fourth-order valence-corrected chi connectivity index (χ4v) is 9.59. The number of unbranched alkanes of at least 4 members (excludes halogenated alkanes) is 38. The normalized spacial score (nSPS) is 13.0. The van der Waals surface area contributed by atoms with Crippen LogP contribution in [0.3, 0.4) is 0 Å². The molecule has 0 heterocycles. The number of esters is 2. The molecule has 0 radical (unpaired) electrons. The average Bonchev–Trinajstić information content (AvgIpc) is 3.40. The van der Waals surface area contributed by atoms with E-state index in [4.69, 9.17) is 18.9 Å². The highest BCUT2D eigenvalue weighted by Gasteiger charge is 2.22. The van der Waals surface area contributed by atoms with Crippen molar-refractivity contribution >= 4 is 17.9 Å². The molecule has 0 saturated heterocycles. The van der Waals surface area contributed by atoms with Gasteiger partial charge >= 0.3 is 11.9 Å². The van der Waals surface area contributed by atoms with E-state index in [0.717, 1.165) is 64.2 Å². The van der Waals surface area contributed by atoms with E-state index in [1.165, 1.54) is 218 Å². The van der Waals surface area contributed by atoms with Crippen molar-refractivity contribution in [1.82, 2.24) is 0 Å². The van der Waals surface area contributed by atoms with E-state index >= 15 is 0 Å². The Bertz CT molecular complexity index is 1400. The third-order valence-corrected chi connectivity index (χ3v) is 14.6. The van der Waals surface area contributed by atoms with Crippen molar-refractivity contribution in [2.75, 3.05) is 47.5 Å². The van der Waals surface area contributed by atoms with Crippen LogP contribution in [-0.4, -0.2) is 82.3 Å². The first-order chi connectivity index (χ1) is 37.6. The summed E-state index contributed by atoms with van der Waals surface area (Å²) in [5.74, 6) is -2.26. The topological polar surface area (TPSA) is 111 Å². The van der Waals surface area contributed by atoms with Crippen molar-refractivity contribution in [1.29, 1.82) is 0 Å². The molecule has 2 atom stereocenters. The lowest BCUT2D eigenvalue weighted by atomic mass is 10.0. The standard InChI is InChI=1S/C68H125NO8/c1-6-8-10-12-14-16-18-20-22-24-26-27-28-29-30-31-32-33-34-35-36-37-38-39-41-43-45-47-49-51-53-55-57-59-66(71)77-64(63-76-68(67(72)73)74-61-60-69(3,4)5)62-75-65(70)58-56-54-52-50-48-46-44-42-40-25-23-21-19-17-15-13-11-9-7-2/h8,10,14,16,20,22,26-27,64,68H,6-7,9,11-13,15,17-19,21,23-25,28-63H2,1-5H3/b10-8-,16-14-,22-20-,27-26-. The van der Waals surface area contributed by atoms with Gasteiger partial charge in [0.2, 0.25) is 0 Å². The molecule has 0 fully saturated rings. The summed E-state index contributed by atoms with van der Waals surface area (Å²) in [5, 5.41) is 11.8. The Morgan fingerprint density at radius 3 is 1.10 bits per heavy atom. The fraction of sp³-hybridized carbons (Fsp3) is 0.838. The molecule has 0 spiro atoms. The van der Waals surface area contributed by atoms with Gasteiger partial charge in [-0.05, 0) is 51.4 Å². The Morgan fingerprint density at radius 2 is 0.740 bits per heavy atom. The molecule has 0 aromatic rings. The average molecular weight is 1080 g/mol. The lowest BCUT2D eigenvalue weighted by molar-refractivity contribution is -0.870. The number of nitrogens with zero attached hydrogens (tertiary/aromatic N) is 1. The van der Waals surface area contributed by atoms with Gasteiger partial charge in [0.25, 0.3) is 0 Å². The first-order valence-corrected chi connectivity index (χ1v) is 32.8. The Morgan fingerprint density at radius 1 is 0.403 bits per heavy atom. The lowest BCUT2D eigenvalue weighted by Gasteiger charge is -2.26. The molecular formula is C68H125NO8. The molecule has 0 aromatic heterocycles. The second-order valence-corrected chi connectivity index (χ2v) is 23.4. The molecule has 9 nitrogen and oxygen atoms in total. The second kappa shape index (κ2) is 59.4. The van der Waals surface area contributed by atoms with Gasteiger partial charge in [0.05, 0.1) is 40.3 Å². The summed E-state index contributed by atoms with van der Waals surface area (Å²) >= 11 is 0. The number of hydrogen-bond acceptors (Lipinski definition) is 8. The summed E-state index contributed by atoms with van der Waals surface area (Å²) in [7, 11) is 5.94. The highest BCUT2D eigenvalue weighted by molar-refractivity contribution is 5.70. The summed E-state index contributed by atoms with van der Waals surface area (Å²) in [4.78, 5) is 37.4. The Kier molecular flexibility index (Phi) is 57.3. The molecule has 9 heteroatoms. The van der Waals surface area contributed by atoms with E-state index in [-0.39, 0.29) is 32.2 Å². The van der Waals surface area contributed by atoms with Gasteiger partial charge in [0.15, 0.2) is 12.4 Å². The number of quaternary nitrogens is 1. The molecule has 0 aliphatic heterocycles. The van der Waals surface area contributed by atoms with Crippen molar-refractivity contribution in [3.05, 3.63) is 48.6 Å². The quantitative estimate of drug-likeness (QED) is 0.0195. The van der Waals surface area contributed by atoms with Crippen molar-refractivity contribution in [3.63, 3.8) is 0 Å². The molecule has 450 valence electrons. The van der Waals surface area contributed by atoms with Crippen LogP contribution in [0, 0.1) is 0 Å². The predicted octanol–water partition coefficient (Wildman–Crippen LogP) is 18.5. The van der Waals surface area contributed by atoms with Crippen LogP contribution in [0.15, 0.2) is 48.6 Å². The maximum absolute atomic E-state index is 12.9. The minimum Gasteiger partial charge on any atom is -0.545 e. The first kappa shape index (κ1) is 74.2. The minimum atomic E-state index is -1.62. The molecule has 0 rings (SSSR count). The largest absolute Gasteiger partial charge is 0.545 e. The molecule has 77 heavy (non-hydrogen) atoms. The molecule has 0 aromatic carbocycles. The number of carboxylic acids is 1. The zero-order chi connectivity index (χ0) is 56.2. The summed E-state index contributed by atoms with van der Waals surface area (Å²) in [6, 6.07) is 0. The van der Waals surface area contributed by atoms with Crippen molar-refractivity contribution < 1.29 is 42.9 Å². The van der Waals surface area contributed by atoms with Gasteiger partial charge in [-0.3, -0.25) is 9.59 Å². The Hall–Kier alpha value is -2.75. The highest BCUT2D eigenvalue weighted by atomic mass is 16.7. The van der Waals surface area contributed by atoms with Crippen molar-refractivity contribution in [2.24, 2.45) is 0 Å². The zero-order valence-corrected chi connectivity index (χ0v) is 51.3. The summed E-state index contributed by atoms with van der Waals surface area (Å²) < 4.78 is 22.8. The number of hydrogen-bond donors (Lipinski definition) is 0. The SMILES string of the molecule is CC/C=C\C/C=C\C/C=C\C/C=C\CCCCCCCCCCCCCCCCCCCCCCC(=O)OC(COC(=O)CCCCCCCCCCCCCCCCCCCCC)COC(OCC[N+](C)(C)C)C(=O)[O-]. The van der Waals surface area contributed by atoms with Crippen LogP contribution in [0.4, 0.5) is 0 Å². The van der Waals surface area contributed by atoms with Gasteiger partial charge in [-0.25, -0.2) is 0 Å². The highest BCUT2D eigenvalue weighted by Crippen LogP contribution is 2.18. The Balaban J connectivity index is 4.07. The Labute approximate surface area is 476 Å². The van der Waals surface area contributed by atoms with Gasteiger partial charge in [-0.15, -0.1) is 0 Å². The monoisotopic (exact) mass is 1080 g/mol. The number of aliphatic carboxylic acids is 1. The molecule has 0 saturated carbocycles. The van der Waals surface area contributed by atoms with E-state index in [9.17, 15) is 19.5 Å². The molecule has 2 unspecified atom stereocenters. The molecule has 0 amide bonds. The maximum atomic E-state index is 12.9. The molecule has 0 N–H and O–H groups in total.